The standard InChI is InChI=1S/C15H21N3O2/c1-19-15-3-2-13(10-14(15)11-16)12-17-4-5-18-6-8-20-9-7-18/h2-3,10,17H,4-9,12H2,1H3. The van der Waals surface area contributed by atoms with Gasteiger partial charge in [0.15, 0.2) is 0 Å². The van der Waals surface area contributed by atoms with Gasteiger partial charge in [0.1, 0.15) is 11.8 Å². The number of ether oxygens (including phenoxy) is 2. The van der Waals surface area contributed by atoms with Crippen molar-refractivity contribution in [3.05, 3.63) is 29.3 Å². The minimum absolute atomic E-state index is 0.583. The fraction of sp³-hybridized carbons (Fsp3) is 0.533. The highest BCUT2D eigenvalue weighted by atomic mass is 16.5. The molecule has 20 heavy (non-hydrogen) atoms. The predicted molar refractivity (Wildman–Crippen MR) is 76.7 cm³/mol. The quantitative estimate of drug-likeness (QED) is 0.785. The van der Waals surface area contributed by atoms with Crippen LogP contribution in [0.5, 0.6) is 5.75 Å². The van der Waals surface area contributed by atoms with Gasteiger partial charge in [0.2, 0.25) is 0 Å². The molecule has 1 heterocycles. The van der Waals surface area contributed by atoms with E-state index in [1.54, 1.807) is 7.11 Å². The lowest BCUT2D eigenvalue weighted by Gasteiger charge is -2.26. The molecule has 1 aliphatic heterocycles. The van der Waals surface area contributed by atoms with Crippen LogP contribution < -0.4 is 10.1 Å². The lowest BCUT2D eigenvalue weighted by molar-refractivity contribution is 0.0384. The van der Waals surface area contributed by atoms with Crippen LogP contribution in [-0.2, 0) is 11.3 Å². The molecule has 1 saturated heterocycles. The van der Waals surface area contributed by atoms with E-state index in [1.165, 1.54) is 0 Å². The van der Waals surface area contributed by atoms with E-state index in [2.05, 4.69) is 16.3 Å². The molecule has 0 aliphatic carbocycles. The van der Waals surface area contributed by atoms with Gasteiger partial charge in [-0.1, -0.05) is 6.07 Å². The van der Waals surface area contributed by atoms with Gasteiger partial charge in [0.05, 0.1) is 25.9 Å². The van der Waals surface area contributed by atoms with Crippen LogP contribution in [0.2, 0.25) is 0 Å². The SMILES string of the molecule is COc1ccc(CNCCN2CCOCC2)cc1C#N. The third kappa shape index (κ3) is 4.20. The summed E-state index contributed by atoms with van der Waals surface area (Å²) in [6.07, 6.45) is 0. The Morgan fingerprint density at radius 2 is 2.20 bits per heavy atom. The molecule has 0 saturated carbocycles. The Hall–Kier alpha value is -1.61. The fourth-order valence-corrected chi connectivity index (χ4v) is 2.25. The molecule has 1 aromatic rings. The van der Waals surface area contributed by atoms with E-state index in [1.807, 2.05) is 18.2 Å². The lowest BCUT2D eigenvalue weighted by Crippen LogP contribution is -2.40. The highest BCUT2D eigenvalue weighted by Crippen LogP contribution is 2.18. The molecular weight excluding hydrogens is 254 g/mol. The molecule has 0 atom stereocenters. The zero-order valence-electron chi connectivity index (χ0n) is 11.9. The van der Waals surface area contributed by atoms with Crippen molar-refractivity contribution in [3.8, 4) is 11.8 Å². The van der Waals surface area contributed by atoms with Crippen LogP contribution in [0.1, 0.15) is 11.1 Å². The zero-order valence-corrected chi connectivity index (χ0v) is 11.9. The summed E-state index contributed by atoms with van der Waals surface area (Å²) in [6.45, 7) is 6.45. The molecule has 0 amide bonds. The van der Waals surface area contributed by atoms with Gasteiger partial charge < -0.3 is 14.8 Å². The molecule has 1 fully saturated rings. The van der Waals surface area contributed by atoms with Crippen LogP contribution in [0, 0.1) is 11.3 Å². The zero-order chi connectivity index (χ0) is 14.2. The van der Waals surface area contributed by atoms with Crippen LogP contribution in [0.25, 0.3) is 0 Å². The summed E-state index contributed by atoms with van der Waals surface area (Å²) in [5, 5.41) is 12.5. The minimum atomic E-state index is 0.583. The summed E-state index contributed by atoms with van der Waals surface area (Å²) < 4.78 is 10.5. The number of morpholine rings is 1. The van der Waals surface area contributed by atoms with Gasteiger partial charge in [-0.3, -0.25) is 4.90 Å². The summed E-state index contributed by atoms with van der Waals surface area (Å²) in [4.78, 5) is 2.39. The van der Waals surface area contributed by atoms with E-state index >= 15 is 0 Å². The van der Waals surface area contributed by atoms with Crippen molar-refractivity contribution in [2.75, 3.05) is 46.5 Å². The predicted octanol–water partition coefficient (Wildman–Crippen LogP) is 0.989. The van der Waals surface area contributed by atoms with Crippen LogP contribution in [-0.4, -0.2) is 51.4 Å². The molecule has 0 spiro atoms. The average molecular weight is 275 g/mol. The average Bonchev–Trinajstić information content (AvgIpc) is 2.52. The van der Waals surface area contributed by atoms with Gasteiger partial charge in [0.25, 0.3) is 0 Å². The summed E-state index contributed by atoms with van der Waals surface area (Å²) in [5.41, 5.74) is 1.68. The second-order valence-corrected chi connectivity index (χ2v) is 4.78. The van der Waals surface area contributed by atoms with E-state index in [9.17, 15) is 0 Å². The number of rotatable bonds is 6. The molecule has 5 nitrogen and oxygen atoms in total. The molecule has 0 aromatic heterocycles. The molecule has 1 aromatic carbocycles. The minimum Gasteiger partial charge on any atom is -0.495 e. The maximum atomic E-state index is 9.05. The van der Waals surface area contributed by atoms with E-state index in [0.29, 0.717) is 11.3 Å². The Morgan fingerprint density at radius 3 is 2.90 bits per heavy atom. The Bertz CT molecular complexity index is 465. The first-order valence-corrected chi connectivity index (χ1v) is 6.91. The Balaban J connectivity index is 1.75. The largest absolute Gasteiger partial charge is 0.495 e. The maximum absolute atomic E-state index is 9.05. The van der Waals surface area contributed by atoms with Crippen LogP contribution in [0.15, 0.2) is 18.2 Å². The maximum Gasteiger partial charge on any atom is 0.136 e. The second-order valence-electron chi connectivity index (χ2n) is 4.78. The Kier molecular flexibility index (Phi) is 5.81. The molecule has 2 rings (SSSR count). The summed E-state index contributed by atoms with van der Waals surface area (Å²) in [6, 6.07) is 7.86. The molecule has 108 valence electrons. The second kappa shape index (κ2) is 7.85. The summed E-state index contributed by atoms with van der Waals surface area (Å²) >= 11 is 0. The fourth-order valence-electron chi connectivity index (χ4n) is 2.25. The summed E-state index contributed by atoms with van der Waals surface area (Å²) in [7, 11) is 1.58. The Morgan fingerprint density at radius 1 is 1.40 bits per heavy atom. The number of nitrogens with zero attached hydrogens (tertiary/aromatic N) is 2. The first-order chi connectivity index (χ1) is 9.83. The number of nitriles is 1. The van der Waals surface area contributed by atoms with E-state index in [4.69, 9.17) is 14.7 Å². The topological polar surface area (TPSA) is 57.5 Å². The highest BCUT2D eigenvalue weighted by Gasteiger charge is 2.09. The van der Waals surface area contributed by atoms with Crippen molar-refractivity contribution < 1.29 is 9.47 Å². The van der Waals surface area contributed by atoms with Gasteiger partial charge in [-0.25, -0.2) is 0 Å². The first kappa shape index (κ1) is 14.8. The molecule has 0 unspecified atom stereocenters. The monoisotopic (exact) mass is 275 g/mol. The first-order valence-electron chi connectivity index (χ1n) is 6.91. The number of hydrogen-bond donors (Lipinski definition) is 1. The molecule has 5 heteroatoms. The normalized spacial score (nSPS) is 15.8. The van der Waals surface area contributed by atoms with Gasteiger partial charge in [-0.05, 0) is 17.7 Å². The van der Waals surface area contributed by atoms with Crippen LogP contribution in [0.3, 0.4) is 0 Å². The van der Waals surface area contributed by atoms with Crippen molar-refractivity contribution in [1.82, 2.24) is 10.2 Å². The number of methoxy groups -OCH3 is 1. The lowest BCUT2D eigenvalue weighted by atomic mass is 10.1. The third-order valence-electron chi connectivity index (χ3n) is 3.42. The summed E-state index contributed by atoms with van der Waals surface area (Å²) in [5.74, 6) is 0.629. The van der Waals surface area contributed by atoms with Crippen LogP contribution >= 0.6 is 0 Å². The highest BCUT2D eigenvalue weighted by molar-refractivity contribution is 5.45. The van der Waals surface area contributed by atoms with Crippen molar-refractivity contribution in [2.45, 2.75) is 6.54 Å². The smallest absolute Gasteiger partial charge is 0.136 e. The van der Waals surface area contributed by atoms with Crippen molar-refractivity contribution >= 4 is 0 Å². The van der Waals surface area contributed by atoms with Gasteiger partial charge in [-0.2, -0.15) is 5.26 Å². The molecular formula is C15H21N3O2. The van der Waals surface area contributed by atoms with Gasteiger partial charge in [0, 0.05) is 32.7 Å². The molecule has 1 N–H and O–H groups in total. The van der Waals surface area contributed by atoms with E-state index < -0.39 is 0 Å². The number of nitrogens with one attached hydrogen (secondary N) is 1. The molecule has 1 aliphatic rings. The van der Waals surface area contributed by atoms with Crippen molar-refractivity contribution in [3.63, 3.8) is 0 Å². The Labute approximate surface area is 120 Å². The van der Waals surface area contributed by atoms with Gasteiger partial charge >= 0.3 is 0 Å². The van der Waals surface area contributed by atoms with E-state index in [-0.39, 0.29) is 0 Å². The molecule has 0 bridgehead atoms. The van der Waals surface area contributed by atoms with Crippen LogP contribution in [0.4, 0.5) is 0 Å². The van der Waals surface area contributed by atoms with Crippen molar-refractivity contribution in [1.29, 1.82) is 5.26 Å². The molecule has 0 radical (unpaired) electrons. The number of hydrogen-bond acceptors (Lipinski definition) is 5. The number of benzene rings is 1. The van der Waals surface area contributed by atoms with Crippen molar-refractivity contribution in [2.24, 2.45) is 0 Å². The van der Waals surface area contributed by atoms with Gasteiger partial charge in [-0.15, -0.1) is 0 Å². The third-order valence-corrected chi connectivity index (χ3v) is 3.42. The van der Waals surface area contributed by atoms with E-state index in [0.717, 1.165) is 51.5 Å².